The third-order valence-electron chi connectivity index (χ3n) is 4.94. The monoisotopic (exact) mass is 463 g/mol. The molecule has 0 spiro atoms. The van der Waals surface area contributed by atoms with Gasteiger partial charge in [0.15, 0.2) is 0 Å². The zero-order valence-corrected chi connectivity index (χ0v) is 18.9. The molecule has 8 heteroatoms. The smallest absolute Gasteiger partial charge is 0.337 e. The fourth-order valence-electron chi connectivity index (χ4n) is 3.26. The number of amides is 2. The lowest BCUT2D eigenvalue weighted by Crippen LogP contribution is -2.32. The van der Waals surface area contributed by atoms with Crippen molar-refractivity contribution in [3.8, 4) is 17.1 Å². The number of carbonyl (C=O) groups excluding carboxylic acids is 3. The van der Waals surface area contributed by atoms with Crippen molar-refractivity contribution in [1.29, 1.82) is 0 Å². The average Bonchev–Trinajstić information content (AvgIpc) is 3.39. The van der Waals surface area contributed by atoms with E-state index in [0.29, 0.717) is 22.8 Å². The van der Waals surface area contributed by atoms with Crippen molar-refractivity contribution in [3.05, 3.63) is 82.5 Å². The van der Waals surface area contributed by atoms with E-state index in [0.717, 1.165) is 22.9 Å². The summed E-state index contributed by atoms with van der Waals surface area (Å²) in [5.41, 5.74) is 2.27. The molecule has 1 aromatic heterocycles. The van der Waals surface area contributed by atoms with Gasteiger partial charge in [-0.3, -0.25) is 14.5 Å². The number of imide groups is 1. The van der Waals surface area contributed by atoms with E-state index >= 15 is 0 Å². The van der Waals surface area contributed by atoms with Crippen LogP contribution >= 0.6 is 11.8 Å². The van der Waals surface area contributed by atoms with Crippen LogP contribution < -0.4 is 4.74 Å². The number of benzene rings is 2. The van der Waals surface area contributed by atoms with Crippen LogP contribution in [0.25, 0.3) is 17.4 Å². The van der Waals surface area contributed by atoms with Crippen LogP contribution in [0, 0.1) is 6.92 Å². The number of aryl methyl sites for hydroxylation is 1. The van der Waals surface area contributed by atoms with E-state index in [4.69, 9.17) is 13.9 Å². The lowest BCUT2D eigenvalue weighted by Gasteiger charge is -2.13. The normalized spacial score (nSPS) is 14.7. The summed E-state index contributed by atoms with van der Waals surface area (Å²) >= 11 is 0.870. The molecule has 33 heavy (non-hydrogen) atoms. The average molecular weight is 464 g/mol. The van der Waals surface area contributed by atoms with Gasteiger partial charge in [-0.2, -0.15) is 0 Å². The number of esters is 1. The van der Waals surface area contributed by atoms with Gasteiger partial charge in [0.25, 0.3) is 11.1 Å². The maximum absolute atomic E-state index is 12.7. The number of thioether (sulfide) groups is 1. The molecule has 0 radical (unpaired) electrons. The standard InChI is InChI=1S/C25H21NO6S/c1-16-4-3-5-19(14-16)31-13-12-26-23(27)22(33-25(26)29)15-20-10-11-21(32-20)17-6-8-18(9-7-17)24(28)30-2/h3-11,14-15H,12-13H2,1-2H3/b22-15-. The molecular formula is C25H21NO6S. The van der Waals surface area contributed by atoms with Gasteiger partial charge in [0.1, 0.15) is 23.9 Å². The van der Waals surface area contributed by atoms with Crippen molar-refractivity contribution in [3.63, 3.8) is 0 Å². The molecule has 0 bridgehead atoms. The number of methoxy groups -OCH3 is 1. The predicted octanol–water partition coefficient (Wildman–Crippen LogP) is 5.16. The van der Waals surface area contributed by atoms with Crippen molar-refractivity contribution in [2.24, 2.45) is 0 Å². The van der Waals surface area contributed by atoms with E-state index in [-0.39, 0.29) is 29.2 Å². The van der Waals surface area contributed by atoms with Crippen LogP contribution in [0.1, 0.15) is 21.7 Å². The van der Waals surface area contributed by atoms with Gasteiger partial charge in [-0.15, -0.1) is 0 Å². The van der Waals surface area contributed by atoms with Crippen LogP contribution in [0.2, 0.25) is 0 Å². The molecule has 0 N–H and O–H groups in total. The van der Waals surface area contributed by atoms with Gasteiger partial charge in [-0.05, 0) is 60.6 Å². The first kappa shape index (κ1) is 22.4. The Labute approximate surface area is 195 Å². The highest BCUT2D eigenvalue weighted by Crippen LogP contribution is 2.33. The minimum absolute atomic E-state index is 0.159. The molecule has 1 aliphatic heterocycles. The molecule has 2 amide bonds. The summed E-state index contributed by atoms with van der Waals surface area (Å²) in [7, 11) is 1.33. The molecule has 4 rings (SSSR count). The maximum Gasteiger partial charge on any atom is 0.337 e. The molecule has 0 atom stereocenters. The first-order valence-corrected chi connectivity index (χ1v) is 11.0. The third kappa shape index (κ3) is 5.18. The Bertz CT molecular complexity index is 1230. The molecular weight excluding hydrogens is 442 g/mol. The molecule has 168 valence electrons. The Balaban J connectivity index is 1.40. The second-order valence-corrected chi connectivity index (χ2v) is 8.26. The van der Waals surface area contributed by atoms with E-state index in [9.17, 15) is 14.4 Å². The number of furan rings is 1. The van der Waals surface area contributed by atoms with Gasteiger partial charge >= 0.3 is 5.97 Å². The fraction of sp³-hybridized carbons (Fsp3) is 0.160. The largest absolute Gasteiger partial charge is 0.492 e. The first-order valence-electron chi connectivity index (χ1n) is 10.2. The number of ether oxygens (including phenoxy) is 2. The highest BCUT2D eigenvalue weighted by atomic mass is 32.2. The van der Waals surface area contributed by atoms with Crippen molar-refractivity contribution in [2.45, 2.75) is 6.92 Å². The summed E-state index contributed by atoms with van der Waals surface area (Å²) < 4.78 is 16.2. The van der Waals surface area contributed by atoms with Crippen molar-refractivity contribution in [2.75, 3.05) is 20.3 Å². The summed E-state index contributed by atoms with van der Waals surface area (Å²) in [6.07, 6.45) is 1.55. The molecule has 3 aromatic rings. The summed E-state index contributed by atoms with van der Waals surface area (Å²) in [4.78, 5) is 38.0. The highest BCUT2D eigenvalue weighted by molar-refractivity contribution is 8.18. The lowest BCUT2D eigenvalue weighted by atomic mass is 10.1. The molecule has 7 nitrogen and oxygen atoms in total. The van der Waals surface area contributed by atoms with Crippen molar-refractivity contribution in [1.82, 2.24) is 4.90 Å². The van der Waals surface area contributed by atoms with Gasteiger partial charge in [0.05, 0.1) is 24.1 Å². The molecule has 1 saturated heterocycles. The predicted molar refractivity (Wildman–Crippen MR) is 125 cm³/mol. The zero-order valence-electron chi connectivity index (χ0n) is 18.1. The van der Waals surface area contributed by atoms with Crippen LogP contribution in [0.4, 0.5) is 4.79 Å². The molecule has 0 saturated carbocycles. The van der Waals surface area contributed by atoms with Gasteiger partial charge in [0, 0.05) is 11.6 Å². The number of hydrogen-bond donors (Lipinski definition) is 0. The number of hydrogen-bond acceptors (Lipinski definition) is 7. The second kappa shape index (κ2) is 9.79. The van der Waals surface area contributed by atoms with E-state index in [2.05, 4.69) is 0 Å². The first-order chi connectivity index (χ1) is 15.9. The van der Waals surface area contributed by atoms with Crippen molar-refractivity contribution >= 4 is 35.0 Å². The van der Waals surface area contributed by atoms with E-state index in [1.807, 2.05) is 31.2 Å². The van der Waals surface area contributed by atoms with Gasteiger partial charge < -0.3 is 13.9 Å². The maximum atomic E-state index is 12.7. The topological polar surface area (TPSA) is 86.0 Å². The van der Waals surface area contributed by atoms with Crippen LogP contribution in [0.5, 0.6) is 5.75 Å². The van der Waals surface area contributed by atoms with Crippen LogP contribution in [0.3, 0.4) is 0 Å². The van der Waals surface area contributed by atoms with E-state index in [1.165, 1.54) is 12.0 Å². The minimum atomic E-state index is -0.415. The number of carbonyl (C=O) groups is 3. The molecule has 0 unspecified atom stereocenters. The lowest BCUT2D eigenvalue weighted by molar-refractivity contribution is -0.123. The van der Waals surface area contributed by atoms with Crippen molar-refractivity contribution < 1.29 is 28.3 Å². The summed E-state index contributed by atoms with van der Waals surface area (Å²) in [5.74, 6) is 0.923. The molecule has 1 aliphatic rings. The molecule has 2 aromatic carbocycles. The minimum Gasteiger partial charge on any atom is -0.492 e. The SMILES string of the molecule is COC(=O)c1ccc(-c2ccc(/C=C3\SC(=O)N(CCOc4cccc(C)c4)C3=O)o2)cc1. The van der Waals surface area contributed by atoms with Crippen LogP contribution in [0.15, 0.2) is 70.0 Å². The quantitative estimate of drug-likeness (QED) is 0.353. The summed E-state index contributed by atoms with van der Waals surface area (Å²) in [6.45, 7) is 2.33. The Morgan fingerprint density at radius 1 is 1.09 bits per heavy atom. The van der Waals surface area contributed by atoms with Gasteiger partial charge in [-0.1, -0.05) is 24.3 Å². The Morgan fingerprint density at radius 3 is 2.61 bits per heavy atom. The molecule has 1 fully saturated rings. The van der Waals surface area contributed by atoms with Crippen LogP contribution in [-0.2, 0) is 9.53 Å². The van der Waals surface area contributed by atoms with E-state index in [1.54, 1.807) is 42.5 Å². The Morgan fingerprint density at radius 2 is 1.88 bits per heavy atom. The highest BCUT2D eigenvalue weighted by Gasteiger charge is 2.35. The second-order valence-electron chi connectivity index (χ2n) is 7.27. The zero-order chi connectivity index (χ0) is 23.4. The van der Waals surface area contributed by atoms with Gasteiger partial charge in [0.2, 0.25) is 0 Å². The third-order valence-corrected chi connectivity index (χ3v) is 5.84. The summed E-state index contributed by atoms with van der Waals surface area (Å²) in [5, 5.41) is -0.343. The number of rotatable bonds is 7. The van der Waals surface area contributed by atoms with Gasteiger partial charge in [-0.25, -0.2) is 4.79 Å². The fourth-order valence-corrected chi connectivity index (χ4v) is 4.10. The Hall–Kier alpha value is -3.78. The summed E-state index contributed by atoms with van der Waals surface area (Å²) in [6, 6.07) is 17.8. The molecule has 2 heterocycles. The van der Waals surface area contributed by atoms with Crippen LogP contribution in [-0.4, -0.2) is 42.3 Å². The number of nitrogens with zero attached hydrogens (tertiary/aromatic N) is 1. The molecule has 0 aliphatic carbocycles. The Kier molecular flexibility index (Phi) is 6.65. The van der Waals surface area contributed by atoms with E-state index < -0.39 is 5.97 Å².